The van der Waals surface area contributed by atoms with Gasteiger partial charge in [0.05, 0.1) is 18.2 Å². The first kappa shape index (κ1) is 13.5. The molecule has 0 aliphatic heterocycles. The van der Waals surface area contributed by atoms with Crippen molar-refractivity contribution in [3.05, 3.63) is 64.2 Å². The molecule has 0 saturated heterocycles. The Morgan fingerprint density at radius 1 is 1.20 bits per heavy atom. The Morgan fingerprint density at radius 2 is 1.95 bits per heavy atom. The highest BCUT2D eigenvalue weighted by molar-refractivity contribution is 6.32. The number of hydrogen-bond donors (Lipinski definition) is 1. The van der Waals surface area contributed by atoms with Gasteiger partial charge in [-0.2, -0.15) is 0 Å². The van der Waals surface area contributed by atoms with E-state index < -0.39 is 0 Å². The summed E-state index contributed by atoms with van der Waals surface area (Å²) in [7, 11) is 1.63. The zero-order valence-corrected chi connectivity index (χ0v) is 12.1. The number of aliphatic hydroxyl groups excluding tert-OH is 1. The number of halogens is 1. The molecule has 0 aromatic heterocycles. The fourth-order valence-corrected chi connectivity index (χ4v) is 3.27. The molecular formula is C17H17ClO2. The van der Waals surface area contributed by atoms with Crippen molar-refractivity contribution in [1.29, 1.82) is 0 Å². The van der Waals surface area contributed by atoms with Crippen LogP contribution in [0.4, 0.5) is 0 Å². The van der Waals surface area contributed by atoms with Crippen LogP contribution in [0, 0.1) is 0 Å². The number of ether oxygens (including phenoxy) is 1. The van der Waals surface area contributed by atoms with Gasteiger partial charge >= 0.3 is 0 Å². The summed E-state index contributed by atoms with van der Waals surface area (Å²) in [5.74, 6) is 0.892. The summed E-state index contributed by atoms with van der Waals surface area (Å²) in [6, 6.07) is 14.2. The first-order valence-corrected chi connectivity index (χ1v) is 7.16. The van der Waals surface area contributed by atoms with Crippen molar-refractivity contribution in [1.82, 2.24) is 0 Å². The van der Waals surface area contributed by atoms with E-state index in [4.69, 9.17) is 16.3 Å². The molecule has 0 amide bonds. The van der Waals surface area contributed by atoms with E-state index in [1.807, 2.05) is 30.3 Å². The quantitative estimate of drug-likeness (QED) is 0.911. The highest BCUT2D eigenvalue weighted by atomic mass is 35.5. The van der Waals surface area contributed by atoms with Crippen molar-refractivity contribution >= 4 is 11.6 Å². The van der Waals surface area contributed by atoms with E-state index in [0.717, 1.165) is 12.0 Å². The highest BCUT2D eigenvalue weighted by Gasteiger charge is 2.28. The summed E-state index contributed by atoms with van der Waals surface area (Å²) in [5.41, 5.74) is 3.54. The highest BCUT2D eigenvalue weighted by Crippen LogP contribution is 2.41. The van der Waals surface area contributed by atoms with E-state index >= 15 is 0 Å². The molecule has 3 rings (SSSR count). The van der Waals surface area contributed by atoms with Gasteiger partial charge in [0, 0.05) is 5.92 Å². The van der Waals surface area contributed by atoms with Gasteiger partial charge in [0.1, 0.15) is 5.75 Å². The van der Waals surface area contributed by atoms with Crippen LogP contribution in [-0.4, -0.2) is 18.3 Å². The second kappa shape index (κ2) is 5.47. The summed E-state index contributed by atoms with van der Waals surface area (Å²) in [6.07, 6.45) is 1.07. The van der Waals surface area contributed by atoms with Crippen molar-refractivity contribution in [2.45, 2.75) is 24.9 Å². The molecule has 2 aromatic carbocycles. The Kier molecular flexibility index (Phi) is 3.68. The molecule has 2 aromatic rings. The lowest BCUT2D eigenvalue weighted by Crippen LogP contribution is -2.23. The van der Waals surface area contributed by atoms with Crippen LogP contribution in [0.25, 0.3) is 0 Å². The van der Waals surface area contributed by atoms with Gasteiger partial charge in [-0.05, 0) is 41.7 Å². The monoisotopic (exact) mass is 288 g/mol. The fourth-order valence-electron chi connectivity index (χ4n) is 3.01. The SMILES string of the molecule is COc1cc2c(cc1Cl)C[C@@H](O)C[C@H]2c1ccccc1. The summed E-state index contributed by atoms with van der Waals surface area (Å²) in [5, 5.41) is 10.7. The summed E-state index contributed by atoms with van der Waals surface area (Å²) >= 11 is 6.20. The molecule has 1 N–H and O–H groups in total. The van der Waals surface area contributed by atoms with Gasteiger partial charge in [0.2, 0.25) is 0 Å². The van der Waals surface area contributed by atoms with Crippen LogP contribution in [0.15, 0.2) is 42.5 Å². The maximum Gasteiger partial charge on any atom is 0.137 e. The minimum atomic E-state index is -0.322. The topological polar surface area (TPSA) is 29.5 Å². The Hall–Kier alpha value is -1.51. The van der Waals surface area contributed by atoms with E-state index in [2.05, 4.69) is 12.1 Å². The zero-order valence-electron chi connectivity index (χ0n) is 11.3. The maximum atomic E-state index is 10.1. The maximum absolute atomic E-state index is 10.1. The molecule has 0 saturated carbocycles. The minimum absolute atomic E-state index is 0.195. The molecule has 0 fully saturated rings. The summed E-state index contributed by atoms with van der Waals surface area (Å²) in [6.45, 7) is 0. The zero-order chi connectivity index (χ0) is 14.1. The molecule has 0 heterocycles. The molecule has 20 heavy (non-hydrogen) atoms. The lowest BCUT2D eigenvalue weighted by atomic mass is 9.77. The number of rotatable bonds is 2. The molecule has 2 atom stereocenters. The average Bonchev–Trinajstić information content (AvgIpc) is 2.46. The summed E-state index contributed by atoms with van der Waals surface area (Å²) in [4.78, 5) is 0. The molecule has 104 valence electrons. The predicted molar refractivity (Wildman–Crippen MR) is 80.6 cm³/mol. The molecule has 2 nitrogen and oxygen atoms in total. The molecule has 1 aliphatic carbocycles. The van der Waals surface area contributed by atoms with Crippen LogP contribution < -0.4 is 4.74 Å². The third-order valence-electron chi connectivity index (χ3n) is 3.95. The molecule has 3 heteroatoms. The van der Waals surface area contributed by atoms with Crippen molar-refractivity contribution in [2.75, 3.05) is 7.11 Å². The van der Waals surface area contributed by atoms with Gasteiger partial charge in [-0.1, -0.05) is 41.9 Å². The Labute approximate surface area is 124 Å². The normalized spacial score (nSPS) is 21.4. The summed E-state index contributed by atoms with van der Waals surface area (Å²) < 4.78 is 5.33. The second-order valence-corrected chi connectivity index (χ2v) is 5.65. The second-order valence-electron chi connectivity index (χ2n) is 5.24. The third kappa shape index (κ3) is 2.41. The Morgan fingerprint density at radius 3 is 2.65 bits per heavy atom. The first-order valence-electron chi connectivity index (χ1n) is 6.78. The van der Waals surface area contributed by atoms with Gasteiger partial charge in [-0.3, -0.25) is 0 Å². The minimum Gasteiger partial charge on any atom is -0.495 e. The molecule has 0 radical (unpaired) electrons. The first-order chi connectivity index (χ1) is 9.69. The number of methoxy groups -OCH3 is 1. The Balaban J connectivity index is 2.11. The van der Waals surface area contributed by atoms with Crippen molar-refractivity contribution in [3.8, 4) is 5.75 Å². The fraction of sp³-hybridized carbons (Fsp3) is 0.294. The van der Waals surface area contributed by atoms with Crippen molar-refractivity contribution < 1.29 is 9.84 Å². The molecule has 0 bridgehead atoms. The average molecular weight is 289 g/mol. The van der Waals surface area contributed by atoms with Crippen molar-refractivity contribution in [3.63, 3.8) is 0 Å². The van der Waals surface area contributed by atoms with Gasteiger partial charge in [0.25, 0.3) is 0 Å². The van der Waals surface area contributed by atoms with E-state index in [1.165, 1.54) is 11.1 Å². The third-order valence-corrected chi connectivity index (χ3v) is 4.25. The van der Waals surface area contributed by atoms with Gasteiger partial charge < -0.3 is 9.84 Å². The number of benzene rings is 2. The lowest BCUT2D eigenvalue weighted by Gasteiger charge is -2.30. The standard InChI is InChI=1S/C17H17ClO2/c1-20-17-10-15-12(8-16(17)18)7-13(19)9-14(15)11-5-3-2-4-6-11/h2-6,8,10,13-14,19H,7,9H2,1H3/t13-,14+/m1/s1. The van der Waals surface area contributed by atoms with Gasteiger partial charge in [0.15, 0.2) is 0 Å². The largest absolute Gasteiger partial charge is 0.495 e. The Bertz CT molecular complexity index is 610. The van der Waals surface area contributed by atoms with Gasteiger partial charge in [-0.25, -0.2) is 0 Å². The molecule has 1 aliphatic rings. The van der Waals surface area contributed by atoms with Gasteiger partial charge in [-0.15, -0.1) is 0 Å². The number of fused-ring (bicyclic) bond motifs is 1. The van der Waals surface area contributed by atoms with Crippen LogP contribution in [0.5, 0.6) is 5.75 Å². The predicted octanol–water partition coefficient (Wildman–Crippen LogP) is 3.79. The van der Waals surface area contributed by atoms with E-state index in [1.54, 1.807) is 7.11 Å². The van der Waals surface area contributed by atoms with Crippen LogP contribution in [0.1, 0.15) is 29.0 Å². The van der Waals surface area contributed by atoms with Crippen LogP contribution >= 0.6 is 11.6 Å². The molecular weight excluding hydrogens is 272 g/mol. The van der Waals surface area contributed by atoms with E-state index in [-0.39, 0.29) is 12.0 Å². The van der Waals surface area contributed by atoms with Crippen LogP contribution in [0.2, 0.25) is 5.02 Å². The van der Waals surface area contributed by atoms with Crippen LogP contribution in [0.3, 0.4) is 0 Å². The number of aliphatic hydroxyl groups is 1. The molecule has 0 spiro atoms. The van der Waals surface area contributed by atoms with Crippen molar-refractivity contribution in [2.24, 2.45) is 0 Å². The lowest BCUT2D eigenvalue weighted by molar-refractivity contribution is 0.152. The van der Waals surface area contributed by atoms with E-state index in [9.17, 15) is 5.11 Å². The van der Waals surface area contributed by atoms with Crippen LogP contribution in [-0.2, 0) is 6.42 Å². The smallest absolute Gasteiger partial charge is 0.137 e. The molecule has 0 unspecified atom stereocenters. The number of hydrogen-bond acceptors (Lipinski definition) is 2. The van der Waals surface area contributed by atoms with E-state index in [0.29, 0.717) is 17.2 Å².